The van der Waals surface area contributed by atoms with E-state index < -0.39 is 0 Å². The van der Waals surface area contributed by atoms with Crippen molar-refractivity contribution in [3.05, 3.63) is 18.0 Å². The van der Waals surface area contributed by atoms with Crippen LogP contribution in [0.1, 0.15) is 37.7 Å². The topological polar surface area (TPSA) is 29.9 Å². The number of hydrogen-bond donors (Lipinski definition) is 1. The predicted octanol–water partition coefficient (Wildman–Crippen LogP) is 2.36. The minimum atomic E-state index is 0.583. The fraction of sp³-hybridized carbons (Fsp3) is 0.769. The molecule has 3 heteroatoms. The Balaban J connectivity index is 1.94. The van der Waals surface area contributed by atoms with E-state index in [2.05, 4.69) is 35.3 Å². The zero-order valence-corrected chi connectivity index (χ0v) is 10.4. The molecule has 0 saturated heterocycles. The first-order valence-corrected chi connectivity index (χ1v) is 6.46. The molecule has 1 heterocycles. The maximum Gasteiger partial charge on any atom is 0.0565 e. The van der Waals surface area contributed by atoms with Crippen LogP contribution < -0.4 is 5.32 Å². The normalized spacial score (nSPS) is 19.9. The van der Waals surface area contributed by atoms with Crippen LogP contribution in [0.4, 0.5) is 0 Å². The van der Waals surface area contributed by atoms with Crippen molar-refractivity contribution in [1.82, 2.24) is 15.1 Å². The largest absolute Gasteiger partial charge is 0.315 e. The molecule has 2 rings (SSSR count). The molecular weight excluding hydrogens is 198 g/mol. The van der Waals surface area contributed by atoms with Gasteiger partial charge in [-0.15, -0.1) is 0 Å². The van der Waals surface area contributed by atoms with Gasteiger partial charge in [0.2, 0.25) is 0 Å². The Hall–Kier alpha value is -0.830. The maximum absolute atomic E-state index is 4.38. The average molecular weight is 221 g/mol. The first-order valence-electron chi connectivity index (χ1n) is 6.46. The fourth-order valence-corrected chi connectivity index (χ4v) is 2.78. The molecule has 1 aromatic heterocycles. The number of nitrogens with one attached hydrogen (secondary N) is 1. The minimum Gasteiger partial charge on any atom is -0.315 e. The quantitative estimate of drug-likeness (QED) is 0.846. The highest BCUT2D eigenvalue weighted by Gasteiger charge is 2.22. The molecule has 0 aromatic carbocycles. The molecule has 1 N–H and O–H groups in total. The van der Waals surface area contributed by atoms with Crippen LogP contribution in [0.15, 0.2) is 12.4 Å². The van der Waals surface area contributed by atoms with Gasteiger partial charge in [0.05, 0.1) is 12.7 Å². The summed E-state index contributed by atoms with van der Waals surface area (Å²) in [7, 11) is 2.08. The molecule has 0 spiro atoms. The molecule has 90 valence electrons. The Bertz CT molecular complexity index is 313. The van der Waals surface area contributed by atoms with E-state index in [-0.39, 0.29) is 0 Å². The SMILES string of the molecule is CNC(Cn1cc(C)cn1)C1CCCCC1. The molecule has 0 bridgehead atoms. The third-order valence-electron chi connectivity index (χ3n) is 3.74. The molecule has 1 atom stereocenters. The molecule has 1 unspecified atom stereocenters. The highest BCUT2D eigenvalue weighted by atomic mass is 15.3. The Morgan fingerprint density at radius 1 is 1.44 bits per heavy atom. The van der Waals surface area contributed by atoms with Crippen molar-refractivity contribution in [3.63, 3.8) is 0 Å². The van der Waals surface area contributed by atoms with E-state index in [4.69, 9.17) is 0 Å². The second-order valence-corrected chi connectivity index (χ2v) is 5.03. The van der Waals surface area contributed by atoms with Crippen LogP contribution in [0, 0.1) is 12.8 Å². The summed E-state index contributed by atoms with van der Waals surface area (Å²) in [5, 5.41) is 7.84. The van der Waals surface area contributed by atoms with Crippen LogP contribution >= 0.6 is 0 Å². The standard InChI is InChI=1S/C13H23N3/c1-11-8-15-16(9-11)10-13(14-2)12-6-4-3-5-7-12/h8-9,12-14H,3-7,10H2,1-2H3. The van der Waals surface area contributed by atoms with Crippen LogP contribution in [-0.4, -0.2) is 22.9 Å². The van der Waals surface area contributed by atoms with Crippen LogP contribution in [-0.2, 0) is 6.54 Å². The van der Waals surface area contributed by atoms with Crippen molar-refractivity contribution in [2.75, 3.05) is 7.05 Å². The van der Waals surface area contributed by atoms with Crippen molar-refractivity contribution in [1.29, 1.82) is 0 Å². The number of hydrogen-bond acceptors (Lipinski definition) is 2. The summed E-state index contributed by atoms with van der Waals surface area (Å²) >= 11 is 0. The molecular formula is C13H23N3. The molecule has 1 saturated carbocycles. The van der Waals surface area contributed by atoms with Gasteiger partial charge in [-0.25, -0.2) is 0 Å². The van der Waals surface area contributed by atoms with Gasteiger partial charge < -0.3 is 5.32 Å². The summed E-state index contributed by atoms with van der Waals surface area (Å²) < 4.78 is 2.07. The molecule has 0 radical (unpaired) electrons. The molecule has 16 heavy (non-hydrogen) atoms. The predicted molar refractivity (Wildman–Crippen MR) is 66.4 cm³/mol. The number of likely N-dealkylation sites (N-methyl/N-ethyl adjacent to an activating group) is 1. The first-order chi connectivity index (χ1) is 7.79. The summed E-state index contributed by atoms with van der Waals surface area (Å²) in [6.07, 6.45) is 11.1. The van der Waals surface area contributed by atoms with E-state index in [1.54, 1.807) is 0 Å². The van der Waals surface area contributed by atoms with E-state index in [9.17, 15) is 0 Å². The van der Waals surface area contributed by atoms with E-state index in [1.807, 2.05) is 6.20 Å². The van der Waals surface area contributed by atoms with Gasteiger partial charge in [-0.05, 0) is 38.3 Å². The van der Waals surface area contributed by atoms with Crippen molar-refractivity contribution >= 4 is 0 Å². The molecule has 0 amide bonds. The second-order valence-electron chi connectivity index (χ2n) is 5.03. The Morgan fingerprint density at radius 2 is 2.19 bits per heavy atom. The van der Waals surface area contributed by atoms with Gasteiger partial charge in [-0.3, -0.25) is 4.68 Å². The van der Waals surface area contributed by atoms with Gasteiger partial charge in [0.15, 0.2) is 0 Å². The molecule has 3 nitrogen and oxygen atoms in total. The Kier molecular flexibility index (Phi) is 3.99. The van der Waals surface area contributed by atoms with E-state index in [0.717, 1.165) is 12.5 Å². The van der Waals surface area contributed by atoms with Crippen molar-refractivity contribution in [2.24, 2.45) is 5.92 Å². The lowest BCUT2D eigenvalue weighted by atomic mass is 9.84. The van der Waals surface area contributed by atoms with Crippen LogP contribution in [0.25, 0.3) is 0 Å². The molecule has 1 aliphatic rings. The second kappa shape index (κ2) is 5.48. The third kappa shape index (κ3) is 2.85. The Labute approximate surface area is 98.2 Å². The van der Waals surface area contributed by atoms with E-state index in [1.165, 1.54) is 37.7 Å². The van der Waals surface area contributed by atoms with Crippen molar-refractivity contribution in [2.45, 2.75) is 51.6 Å². The summed E-state index contributed by atoms with van der Waals surface area (Å²) in [5.74, 6) is 0.836. The number of aryl methyl sites for hydroxylation is 1. The van der Waals surface area contributed by atoms with Gasteiger partial charge in [0.25, 0.3) is 0 Å². The molecule has 1 fully saturated rings. The van der Waals surface area contributed by atoms with Crippen molar-refractivity contribution < 1.29 is 0 Å². The minimum absolute atomic E-state index is 0.583. The summed E-state index contributed by atoms with van der Waals surface area (Å²) in [5.41, 5.74) is 1.25. The first kappa shape index (κ1) is 11.6. The van der Waals surface area contributed by atoms with Crippen LogP contribution in [0.5, 0.6) is 0 Å². The number of rotatable bonds is 4. The monoisotopic (exact) mass is 221 g/mol. The average Bonchev–Trinajstić information content (AvgIpc) is 2.73. The van der Waals surface area contributed by atoms with Crippen LogP contribution in [0.3, 0.4) is 0 Å². The summed E-state index contributed by atoms with van der Waals surface area (Å²) in [6.45, 7) is 3.10. The molecule has 1 aliphatic carbocycles. The zero-order chi connectivity index (χ0) is 11.4. The Morgan fingerprint density at radius 3 is 2.75 bits per heavy atom. The van der Waals surface area contributed by atoms with Gasteiger partial charge in [0, 0.05) is 12.2 Å². The van der Waals surface area contributed by atoms with E-state index >= 15 is 0 Å². The lowest BCUT2D eigenvalue weighted by Gasteiger charge is -2.30. The van der Waals surface area contributed by atoms with Gasteiger partial charge in [-0.1, -0.05) is 19.3 Å². The number of nitrogens with zero attached hydrogens (tertiary/aromatic N) is 2. The lowest BCUT2D eigenvalue weighted by Crippen LogP contribution is -2.38. The molecule has 0 aliphatic heterocycles. The lowest BCUT2D eigenvalue weighted by molar-refractivity contribution is 0.252. The number of aromatic nitrogens is 2. The maximum atomic E-state index is 4.38. The van der Waals surface area contributed by atoms with Gasteiger partial charge in [0.1, 0.15) is 0 Å². The smallest absolute Gasteiger partial charge is 0.0565 e. The van der Waals surface area contributed by atoms with Crippen molar-refractivity contribution in [3.8, 4) is 0 Å². The van der Waals surface area contributed by atoms with Gasteiger partial charge in [-0.2, -0.15) is 5.10 Å². The van der Waals surface area contributed by atoms with E-state index in [0.29, 0.717) is 6.04 Å². The highest BCUT2D eigenvalue weighted by Crippen LogP contribution is 2.26. The summed E-state index contributed by atoms with van der Waals surface area (Å²) in [6, 6.07) is 0.583. The van der Waals surface area contributed by atoms with Gasteiger partial charge >= 0.3 is 0 Å². The summed E-state index contributed by atoms with van der Waals surface area (Å²) in [4.78, 5) is 0. The third-order valence-corrected chi connectivity index (χ3v) is 3.74. The zero-order valence-electron chi connectivity index (χ0n) is 10.4. The fourth-order valence-electron chi connectivity index (χ4n) is 2.78. The molecule has 1 aromatic rings. The highest BCUT2D eigenvalue weighted by molar-refractivity contribution is 4.99. The van der Waals surface area contributed by atoms with Crippen LogP contribution in [0.2, 0.25) is 0 Å².